The first-order chi connectivity index (χ1) is 3.13. The van der Waals surface area contributed by atoms with Crippen molar-refractivity contribution in [1.29, 1.82) is 0 Å². The van der Waals surface area contributed by atoms with Gasteiger partial charge in [-0.1, -0.05) is 0 Å². The van der Waals surface area contributed by atoms with Gasteiger partial charge in [-0.3, -0.25) is 0 Å². The Kier molecular flexibility index (Phi) is 2.43. The van der Waals surface area contributed by atoms with Crippen LogP contribution in [0.3, 0.4) is 0 Å². The first-order valence-electron chi connectivity index (χ1n) is 2.02. The lowest BCUT2D eigenvalue weighted by molar-refractivity contribution is 0.0848. The molecule has 0 saturated heterocycles. The van der Waals surface area contributed by atoms with Gasteiger partial charge in [-0.15, -0.1) is 0 Å². The fourth-order valence-electron chi connectivity index (χ4n) is 0.202. The third-order valence-electron chi connectivity index (χ3n) is 0.337. The summed E-state index contributed by atoms with van der Waals surface area (Å²) < 4.78 is 4.23. The minimum absolute atomic E-state index is 0.0856. The van der Waals surface area contributed by atoms with Crippen LogP contribution in [-0.4, -0.2) is 27.2 Å². The normalized spacial score (nSPS) is 13.3. The van der Waals surface area contributed by atoms with Gasteiger partial charge in [-0.2, -0.15) is 0 Å². The molecule has 0 aromatic carbocycles. The van der Waals surface area contributed by atoms with Crippen LogP contribution in [0, 0.1) is 0 Å². The van der Waals surface area contributed by atoms with Crippen molar-refractivity contribution < 1.29 is 14.6 Å². The van der Waals surface area contributed by atoms with Crippen LogP contribution in [0.25, 0.3) is 0 Å². The molecule has 1 N–H and O–H groups in total. The molecular formula is C3H8O3Si. The van der Waals surface area contributed by atoms with E-state index in [1.165, 1.54) is 0 Å². The summed E-state index contributed by atoms with van der Waals surface area (Å²) in [5.74, 6) is 0. The van der Waals surface area contributed by atoms with Crippen LogP contribution in [-0.2, 0) is 4.74 Å². The fraction of sp³-hybridized carbons (Fsp3) is 0.667. The number of carbonyl (C=O) groups is 1. The molecule has 1 atom stereocenters. The SMILES string of the molecule is CC([SiH3])OC(=O)O. The third kappa shape index (κ3) is 5.49. The lowest BCUT2D eigenvalue weighted by Crippen LogP contribution is -2.11. The second-order valence-corrected chi connectivity index (χ2v) is 3.06. The summed E-state index contributed by atoms with van der Waals surface area (Å²) in [5.41, 5.74) is -0.0856. The highest BCUT2D eigenvalue weighted by molar-refractivity contribution is 6.11. The summed E-state index contributed by atoms with van der Waals surface area (Å²) in [4.78, 5) is 9.61. The molecule has 7 heavy (non-hydrogen) atoms. The quantitative estimate of drug-likeness (QED) is 0.371. The van der Waals surface area contributed by atoms with E-state index in [1.54, 1.807) is 6.92 Å². The first-order valence-corrected chi connectivity index (χ1v) is 3.18. The van der Waals surface area contributed by atoms with Gasteiger partial charge in [0.1, 0.15) is 0 Å². The standard InChI is InChI=1S/C3H8O3Si/c1-2(7)6-3(4)5/h2H,1,7H3,(H,4,5). The van der Waals surface area contributed by atoms with Gasteiger partial charge in [0, 0.05) is 0 Å². The largest absolute Gasteiger partial charge is 0.505 e. The highest BCUT2D eigenvalue weighted by Gasteiger charge is 1.97. The summed E-state index contributed by atoms with van der Waals surface area (Å²) in [7, 11) is 0.764. The summed E-state index contributed by atoms with van der Waals surface area (Å²) in [6.07, 6.45) is -1.18. The molecule has 0 aliphatic heterocycles. The average Bonchev–Trinajstić information content (AvgIpc) is 1.27. The molecule has 0 bridgehead atoms. The maximum Gasteiger partial charge on any atom is 0.505 e. The van der Waals surface area contributed by atoms with Gasteiger partial charge in [0.25, 0.3) is 0 Å². The van der Waals surface area contributed by atoms with Crippen LogP contribution >= 0.6 is 0 Å². The first kappa shape index (κ1) is 6.49. The van der Waals surface area contributed by atoms with Gasteiger partial charge in [0.05, 0.1) is 16.0 Å². The molecule has 0 heterocycles. The monoisotopic (exact) mass is 120 g/mol. The van der Waals surface area contributed by atoms with Crippen molar-refractivity contribution >= 4 is 16.4 Å². The Balaban J connectivity index is 3.13. The highest BCUT2D eigenvalue weighted by Crippen LogP contribution is 1.81. The molecule has 1 unspecified atom stereocenters. The molecule has 0 aromatic rings. The van der Waals surface area contributed by atoms with Crippen LogP contribution in [0.1, 0.15) is 6.92 Å². The van der Waals surface area contributed by atoms with Crippen molar-refractivity contribution in [2.45, 2.75) is 12.7 Å². The summed E-state index contributed by atoms with van der Waals surface area (Å²) in [5, 5.41) is 7.88. The van der Waals surface area contributed by atoms with E-state index in [-0.39, 0.29) is 5.73 Å². The molecule has 0 amide bonds. The fourth-order valence-corrected chi connectivity index (χ4v) is 0.403. The predicted molar refractivity (Wildman–Crippen MR) is 28.5 cm³/mol. The lowest BCUT2D eigenvalue weighted by atomic mass is 10.8. The third-order valence-corrected chi connectivity index (χ3v) is 0.572. The molecular weight excluding hydrogens is 112 g/mol. The summed E-state index contributed by atoms with van der Waals surface area (Å²) >= 11 is 0. The molecule has 4 heteroatoms. The van der Waals surface area contributed by atoms with E-state index in [4.69, 9.17) is 5.11 Å². The van der Waals surface area contributed by atoms with E-state index < -0.39 is 6.16 Å². The van der Waals surface area contributed by atoms with Gasteiger partial charge in [-0.25, -0.2) is 4.79 Å². The van der Waals surface area contributed by atoms with E-state index >= 15 is 0 Å². The Labute approximate surface area is 44.7 Å². The van der Waals surface area contributed by atoms with Crippen LogP contribution in [0.5, 0.6) is 0 Å². The van der Waals surface area contributed by atoms with Gasteiger partial charge in [0.2, 0.25) is 0 Å². The maximum atomic E-state index is 9.61. The van der Waals surface area contributed by atoms with Gasteiger partial charge in [-0.05, 0) is 6.92 Å². The minimum atomic E-state index is -1.18. The van der Waals surface area contributed by atoms with Crippen molar-refractivity contribution in [3.63, 3.8) is 0 Å². The van der Waals surface area contributed by atoms with Gasteiger partial charge >= 0.3 is 6.16 Å². The Bertz CT molecular complexity index is 70.6. The van der Waals surface area contributed by atoms with E-state index in [1.807, 2.05) is 0 Å². The number of hydrogen-bond donors (Lipinski definition) is 1. The Hall–Kier alpha value is -0.513. The van der Waals surface area contributed by atoms with E-state index in [0.29, 0.717) is 0 Å². The zero-order chi connectivity index (χ0) is 5.86. The smallest absolute Gasteiger partial charge is 0.450 e. The zero-order valence-electron chi connectivity index (χ0n) is 4.34. The molecule has 0 fully saturated rings. The molecule has 42 valence electrons. The molecule has 3 nitrogen and oxygen atoms in total. The molecule has 0 aromatic heterocycles. The van der Waals surface area contributed by atoms with Crippen molar-refractivity contribution in [2.75, 3.05) is 0 Å². The van der Waals surface area contributed by atoms with Crippen LogP contribution in [0.15, 0.2) is 0 Å². The molecule has 0 radical (unpaired) electrons. The molecule has 0 rings (SSSR count). The van der Waals surface area contributed by atoms with Crippen molar-refractivity contribution in [1.82, 2.24) is 0 Å². The van der Waals surface area contributed by atoms with Crippen molar-refractivity contribution in [3.05, 3.63) is 0 Å². The second kappa shape index (κ2) is 2.63. The van der Waals surface area contributed by atoms with E-state index in [9.17, 15) is 4.79 Å². The summed E-state index contributed by atoms with van der Waals surface area (Å²) in [6.45, 7) is 1.72. The van der Waals surface area contributed by atoms with Gasteiger partial charge in [0.15, 0.2) is 0 Å². The van der Waals surface area contributed by atoms with Crippen LogP contribution < -0.4 is 0 Å². The van der Waals surface area contributed by atoms with Gasteiger partial charge < -0.3 is 9.84 Å². The van der Waals surface area contributed by atoms with Crippen molar-refractivity contribution in [2.24, 2.45) is 0 Å². The van der Waals surface area contributed by atoms with Crippen molar-refractivity contribution in [3.8, 4) is 0 Å². The Morgan fingerprint density at radius 3 is 2.43 bits per heavy atom. The lowest BCUT2D eigenvalue weighted by Gasteiger charge is -2.00. The molecule has 0 spiro atoms. The number of carboxylic acid groups (broad SMARTS) is 1. The molecule has 0 aliphatic carbocycles. The number of rotatable bonds is 1. The van der Waals surface area contributed by atoms with Crippen LogP contribution in [0.2, 0.25) is 0 Å². The van der Waals surface area contributed by atoms with Crippen LogP contribution in [0.4, 0.5) is 4.79 Å². The number of hydrogen-bond acceptors (Lipinski definition) is 2. The highest BCUT2D eigenvalue weighted by atomic mass is 28.1. The Morgan fingerprint density at radius 2 is 2.43 bits per heavy atom. The number of ether oxygens (including phenoxy) is 1. The molecule has 0 aliphatic rings. The molecule has 0 saturated carbocycles. The zero-order valence-corrected chi connectivity index (χ0v) is 6.34. The second-order valence-electron chi connectivity index (χ2n) is 1.43. The predicted octanol–water partition coefficient (Wildman–Crippen LogP) is -0.608. The minimum Gasteiger partial charge on any atom is -0.450 e. The topological polar surface area (TPSA) is 46.5 Å². The average molecular weight is 120 g/mol. The van der Waals surface area contributed by atoms with E-state index in [2.05, 4.69) is 4.74 Å². The maximum absolute atomic E-state index is 9.61. The van der Waals surface area contributed by atoms with E-state index in [0.717, 1.165) is 10.2 Å². The Morgan fingerprint density at radius 1 is 2.00 bits per heavy atom. The summed E-state index contributed by atoms with van der Waals surface area (Å²) in [6, 6.07) is 0.